The van der Waals surface area contributed by atoms with E-state index in [4.69, 9.17) is 0 Å². The minimum atomic E-state index is -3.14. The SMILES string of the molecule is CC(C)CN(C(=O)CN1C(=O)c2ccccc2C1=O)[C@H]1CCS(=O)(=O)C1. The second-order valence-electron chi connectivity index (χ2n) is 7.24. The molecule has 1 aromatic carbocycles. The third-order valence-corrected chi connectivity index (χ3v) is 6.45. The molecule has 0 bridgehead atoms. The highest BCUT2D eigenvalue weighted by Gasteiger charge is 2.40. The summed E-state index contributed by atoms with van der Waals surface area (Å²) in [5.74, 6) is -1.22. The van der Waals surface area contributed by atoms with E-state index in [2.05, 4.69) is 0 Å². The van der Waals surface area contributed by atoms with Gasteiger partial charge in [-0.1, -0.05) is 26.0 Å². The maximum absolute atomic E-state index is 12.9. The number of imide groups is 1. The van der Waals surface area contributed by atoms with Crippen LogP contribution in [0.2, 0.25) is 0 Å². The second-order valence-corrected chi connectivity index (χ2v) is 9.47. The van der Waals surface area contributed by atoms with Gasteiger partial charge in [0, 0.05) is 12.6 Å². The standard InChI is InChI=1S/C18H22N2O5S/c1-12(2)9-19(13-7-8-26(24,25)11-13)16(21)10-20-17(22)14-5-3-4-6-15(14)18(20)23/h3-6,12-13H,7-11H2,1-2H3/t13-/m0/s1. The molecule has 3 rings (SSSR count). The molecule has 0 saturated carbocycles. The highest BCUT2D eigenvalue weighted by atomic mass is 32.2. The number of carbonyl (C=O) groups is 3. The van der Waals surface area contributed by atoms with Crippen LogP contribution in [0.15, 0.2) is 24.3 Å². The van der Waals surface area contributed by atoms with E-state index in [1.54, 1.807) is 24.3 Å². The van der Waals surface area contributed by atoms with Crippen molar-refractivity contribution in [2.75, 3.05) is 24.6 Å². The highest BCUT2D eigenvalue weighted by Crippen LogP contribution is 2.24. The zero-order valence-electron chi connectivity index (χ0n) is 14.8. The number of amides is 3. The highest BCUT2D eigenvalue weighted by molar-refractivity contribution is 7.91. The molecule has 1 fully saturated rings. The molecule has 0 N–H and O–H groups in total. The van der Waals surface area contributed by atoms with Gasteiger partial charge in [0.05, 0.1) is 22.6 Å². The van der Waals surface area contributed by atoms with Crippen molar-refractivity contribution in [1.29, 1.82) is 0 Å². The maximum atomic E-state index is 12.9. The molecule has 2 aliphatic rings. The Labute approximate surface area is 152 Å². The summed E-state index contributed by atoms with van der Waals surface area (Å²) in [5.41, 5.74) is 0.591. The van der Waals surface area contributed by atoms with Gasteiger partial charge in [-0.15, -0.1) is 0 Å². The number of hydrogen-bond donors (Lipinski definition) is 0. The maximum Gasteiger partial charge on any atom is 0.262 e. The van der Waals surface area contributed by atoms with E-state index in [-0.39, 0.29) is 24.0 Å². The molecule has 0 aromatic heterocycles. The Morgan fingerprint density at radius 3 is 2.23 bits per heavy atom. The second kappa shape index (κ2) is 6.83. The van der Waals surface area contributed by atoms with Crippen LogP contribution in [-0.4, -0.2) is 66.6 Å². The first-order chi connectivity index (χ1) is 12.2. The molecule has 1 saturated heterocycles. The summed E-state index contributed by atoms with van der Waals surface area (Å²) in [6.45, 7) is 3.90. The number of nitrogens with zero attached hydrogens (tertiary/aromatic N) is 2. The first kappa shape index (κ1) is 18.6. The smallest absolute Gasteiger partial charge is 0.262 e. The van der Waals surface area contributed by atoms with E-state index in [1.807, 2.05) is 13.8 Å². The van der Waals surface area contributed by atoms with Crippen LogP contribution in [0, 0.1) is 5.92 Å². The Morgan fingerprint density at radius 1 is 1.19 bits per heavy atom. The Kier molecular flexibility index (Phi) is 4.88. The van der Waals surface area contributed by atoms with Crippen LogP contribution in [0.25, 0.3) is 0 Å². The predicted octanol–water partition coefficient (Wildman–Crippen LogP) is 0.954. The molecule has 26 heavy (non-hydrogen) atoms. The van der Waals surface area contributed by atoms with E-state index in [0.717, 1.165) is 4.90 Å². The topological polar surface area (TPSA) is 91.8 Å². The van der Waals surface area contributed by atoms with Gasteiger partial charge in [-0.05, 0) is 24.5 Å². The quantitative estimate of drug-likeness (QED) is 0.712. The molecule has 8 heteroatoms. The van der Waals surface area contributed by atoms with Crippen molar-refractivity contribution in [3.05, 3.63) is 35.4 Å². The summed E-state index contributed by atoms with van der Waals surface area (Å²) < 4.78 is 23.6. The van der Waals surface area contributed by atoms with Crippen molar-refractivity contribution >= 4 is 27.6 Å². The lowest BCUT2D eigenvalue weighted by molar-refractivity contribution is -0.134. The summed E-state index contributed by atoms with van der Waals surface area (Å²) in [6, 6.07) is 6.07. The van der Waals surface area contributed by atoms with Crippen LogP contribution in [0.3, 0.4) is 0 Å². The number of sulfone groups is 1. The Hall–Kier alpha value is -2.22. The summed E-state index contributed by atoms with van der Waals surface area (Å²) in [5, 5.41) is 0. The summed E-state index contributed by atoms with van der Waals surface area (Å²) in [4.78, 5) is 40.2. The van der Waals surface area contributed by atoms with Crippen molar-refractivity contribution in [3.63, 3.8) is 0 Å². The van der Waals surface area contributed by atoms with Crippen LogP contribution in [0.5, 0.6) is 0 Å². The minimum absolute atomic E-state index is 0.0619. The van der Waals surface area contributed by atoms with Gasteiger partial charge >= 0.3 is 0 Å². The summed E-state index contributed by atoms with van der Waals surface area (Å²) in [6.07, 6.45) is 0.392. The van der Waals surface area contributed by atoms with E-state index in [1.165, 1.54) is 4.90 Å². The first-order valence-corrected chi connectivity index (χ1v) is 10.5. The van der Waals surface area contributed by atoms with Gasteiger partial charge in [-0.3, -0.25) is 19.3 Å². The molecule has 140 valence electrons. The zero-order valence-corrected chi connectivity index (χ0v) is 15.7. The molecule has 7 nitrogen and oxygen atoms in total. The number of hydrogen-bond acceptors (Lipinski definition) is 5. The fraction of sp³-hybridized carbons (Fsp3) is 0.500. The fourth-order valence-corrected chi connectivity index (χ4v) is 5.21. The summed E-state index contributed by atoms with van der Waals surface area (Å²) in [7, 11) is -3.14. The lowest BCUT2D eigenvalue weighted by Gasteiger charge is -2.31. The van der Waals surface area contributed by atoms with E-state index < -0.39 is 33.6 Å². The molecule has 2 aliphatic heterocycles. The van der Waals surface area contributed by atoms with Crippen LogP contribution < -0.4 is 0 Å². The van der Waals surface area contributed by atoms with Crippen molar-refractivity contribution in [1.82, 2.24) is 9.80 Å². The van der Waals surface area contributed by atoms with Gasteiger partial charge in [0.2, 0.25) is 5.91 Å². The van der Waals surface area contributed by atoms with Gasteiger partial charge in [0.15, 0.2) is 9.84 Å². The lowest BCUT2D eigenvalue weighted by Crippen LogP contribution is -2.48. The average Bonchev–Trinajstić information content (AvgIpc) is 3.05. The van der Waals surface area contributed by atoms with Crippen molar-refractivity contribution in [3.8, 4) is 0 Å². The fourth-order valence-electron chi connectivity index (χ4n) is 3.48. The molecular formula is C18H22N2O5S. The van der Waals surface area contributed by atoms with Gasteiger partial charge in [0.25, 0.3) is 11.8 Å². The monoisotopic (exact) mass is 378 g/mol. The Balaban J connectivity index is 1.78. The number of rotatable bonds is 5. The van der Waals surface area contributed by atoms with Gasteiger partial charge < -0.3 is 4.90 Å². The summed E-state index contributed by atoms with van der Waals surface area (Å²) >= 11 is 0. The zero-order chi connectivity index (χ0) is 19.1. The van der Waals surface area contributed by atoms with Gasteiger partial charge in [0.1, 0.15) is 6.54 Å². The van der Waals surface area contributed by atoms with Crippen molar-refractivity contribution in [2.24, 2.45) is 5.92 Å². The first-order valence-electron chi connectivity index (χ1n) is 8.64. The van der Waals surface area contributed by atoms with Crippen molar-refractivity contribution in [2.45, 2.75) is 26.3 Å². The van der Waals surface area contributed by atoms with E-state index in [9.17, 15) is 22.8 Å². The largest absolute Gasteiger partial charge is 0.337 e. The molecule has 2 heterocycles. The molecule has 0 aliphatic carbocycles. The minimum Gasteiger partial charge on any atom is -0.337 e. The molecule has 0 unspecified atom stereocenters. The molecule has 3 amide bonds. The van der Waals surface area contributed by atoms with Gasteiger partial charge in [-0.2, -0.15) is 0 Å². The lowest BCUT2D eigenvalue weighted by atomic mass is 10.1. The Morgan fingerprint density at radius 2 is 1.77 bits per heavy atom. The van der Waals surface area contributed by atoms with Crippen LogP contribution in [0.1, 0.15) is 41.0 Å². The van der Waals surface area contributed by atoms with Gasteiger partial charge in [-0.25, -0.2) is 8.42 Å². The molecule has 0 spiro atoms. The van der Waals surface area contributed by atoms with Crippen LogP contribution in [-0.2, 0) is 14.6 Å². The number of fused-ring (bicyclic) bond motifs is 1. The Bertz CT molecular complexity index is 827. The molecule has 1 atom stereocenters. The molecular weight excluding hydrogens is 356 g/mol. The molecule has 1 aromatic rings. The molecule has 0 radical (unpaired) electrons. The third-order valence-electron chi connectivity index (χ3n) is 4.70. The van der Waals surface area contributed by atoms with Crippen molar-refractivity contribution < 1.29 is 22.8 Å². The number of carbonyl (C=O) groups excluding carboxylic acids is 3. The van der Waals surface area contributed by atoms with E-state index in [0.29, 0.717) is 24.1 Å². The number of benzene rings is 1. The van der Waals surface area contributed by atoms with Crippen LogP contribution >= 0.6 is 0 Å². The average molecular weight is 378 g/mol. The third kappa shape index (κ3) is 3.51. The normalized spacial score (nSPS) is 21.3. The van der Waals surface area contributed by atoms with Crippen LogP contribution in [0.4, 0.5) is 0 Å². The predicted molar refractivity (Wildman–Crippen MR) is 95.4 cm³/mol. The van der Waals surface area contributed by atoms with E-state index >= 15 is 0 Å².